The van der Waals surface area contributed by atoms with Gasteiger partial charge in [-0.05, 0) is 71.8 Å². The van der Waals surface area contributed by atoms with Gasteiger partial charge in [-0.3, -0.25) is 15.0 Å². The molecule has 6 heterocycles. The van der Waals surface area contributed by atoms with Crippen LogP contribution < -0.4 is 11.5 Å². The Morgan fingerprint density at radius 3 is 2.04 bits per heavy atom. The van der Waals surface area contributed by atoms with Crippen LogP contribution >= 0.6 is 0 Å². The zero-order valence-electron chi connectivity index (χ0n) is 25.8. The summed E-state index contributed by atoms with van der Waals surface area (Å²) in [7, 11) is 0. The molecule has 0 aliphatic heterocycles. The molecule has 0 fully saturated rings. The monoisotopic (exact) mass is 630 g/mol. The summed E-state index contributed by atoms with van der Waals surface area (Å²) in [5.41, 5.74) is 22.5. The Labute approximate surface area is 275 Å². The van der Waals surface area contributed by atoms with E-state index in [0.29, 0.717) is 46.8 Å². The molecule has 4 N–H and O–H groups in total. The maximum Gasteiger partial charge on any atom is 0.176 e. The standard InChI is InChI=1S/C38H30N8O2/c39-31(20-23-8-3-5-17-42-23)25-16-19-41-22-30(25)35-29-12-7-11-27(38(29)48-45-35)33-15-14-26(32(40)21-24-9-4-6-18-43-24)36(44-33)37-28-10-1-2-13-34(28)47-46-37/h1-19,22,31-32H,20-21,39-40H2/t31-,32-/m0/s1. The van der Waals surface area contributed by atoms with Crippen LogP contribution in [0.4, 0.5) is 0 Å². The van der Waals surface area contributed by atoms with E-state index in [9.17, 15) is 0 Å². The summed E-state index contributed by atoms with van der Waals surface area (Å²) in [6, 6.07) is 30.4. The van der Waals surface area contributed by atoms with Gasteiger partial charge in [-0.2, -0.15) is 0 Å². The summed E-state index contributed by atoms with van der Waals surface area (Å²) in [4.78, 5) is 18.5. The zero-order chi connectivity index (χ0) is 32.5. The predicted molar refractivity (Wildman–Crippen MR) is 183 cm³/mol. The number of nitrogens with two attached hydrogens (primary N) is 2. The fraction of sp³-hybridized carbons (Fsp3) is 0.105. The number of benzene rings is 2. The van der Waals surface area contributed by atoms with Crippen LogP contribution in [0.25, 0.3) is 55.8 Å². The van der Waals surface area contributed by atoms with Gasteiger partial charge in [0, 0.05) is 72.2 Å². The lowest BCUT2D eigenvalue weighted by Gasteiger charge is -2.16. The second-order valence-electron chi connectivity index (χ2n) is 11.6. The molecule has 10 heteroatoms. The Bertz CT molecular complexity index is 2350. The summed E-state index contributed by atoms with van der Waals surface area (Å²) in [5.74, 6) is 0. The van der Waals surface area contributed by atoms with Crippen LogP contribution in [0.5, 0.6) is 0 Å². The van der Waals surface area contributed by atoms with E-state index in [1.165, 1.54) is 0 Å². The lowest BCUT2D eigenvalue weighted by molar-refractivity contribution is 0.459. The van der Waals surface area contributed by atoms with E-state index < -0.39 is 0 Å². The van der Waals surface area contributed by atoms with E-state index in [1.807, 2.05) is 97.1 Å². The number of pyridine rings is 4. The zero-order valence-corrected chi connectivity index (χ0v) is 25.8. The number of hydrogen-bond donors (Lipinski definition) is 2. The first-order chi connectivity index (χ1) is 23.6. The van der Waals surface area contributed by atoms with Crippen LogP contribution in [0.2, 0.25) is 0 Å². The number of nitrogens with zero attached hydrogens (tertiary/aromatic N) is 6. The summed E-state index contributed by atoms with van der Waals surface area (Å²) in [6.07, 6.45) is 8.15. The molecule has 0 saturated heterocycles. The van der Waals surface area contributed by atoms with Gasteiger partial charge in [-0.15, -0.1) is 0 Å². The number of hydrogen-bond acceptors (Lipinski definition) is 10. The minimum absolute atomic E-state index is 0.322. The SMILES string of the molecule is N[C@@H](Cc1ccccn1)c1ccncc1-c1noc2c(-c3ccc([C@@H](N)Cc4ccccn4)c(-c4noc5ccccc45)n3)cccc12. The van der Waals surface area contributed by atoms with Crippen molar-refractivity contribution in [3.05, 3.63) is 144 Å². The maximum absolute atomic E-state index is 6.83. The molecule has 8 aromatic rings. The van der Waals surface area contributed by atoms with Crippen molar-refractivity contribution in [2.45, 2.75) is 24.9 Å². The van der Waals surface area contributed by atoms with Crippen molar-refractivity contribution < 1.29 is 9.05 Å². The Morgan fingerprint density at radius 1 is 0.562 bits per heavy atom. The van der Waals surface area contributed by atoms with Crippen LogP contribution in [-0.4, -0.2) is 30.2 Å². The predicted octanol–water partition coefficient (Wildman–Crippen LogP) is 7.04. The number of fused-ring (bicyclic) bond motifs is 2. The first-order valence-electron chi connectivity index (χ1n) is 15.6. The molecule has 0 aliphatic rings. The molecule has 2 aromatic carbocycles. The minimum Gasteiger partial charge on any atom is -0.356 e. The first-order valence-corrected chi connectivity index (χ1v) is 15.6. The van der Waals surface area contributed by atoms with Crippen LogP contribution in [0, 0.1) is 0 Å². The van der Waals surface area contributed by atoms with E-state index >= 15 is 0 Å². The molecule has 2 atom stereocenters. The topological polar surface area (TPSA) is 156 Å². The smallest absolute Gasteiger partial charge is 0.176 e. The van der Waals surface area contributed by atoms with Crippen molar-refractivity contribution in [1.82, 2.24) is 30.2 Å². The molecular formula is C38H30N8O2. The van der Waals surface area contributed by atoms with E-state index in [0.717, 1.165) is 44.4 Å². The third-order valence-corrected chi connectivity index (χ3v) is 8.52. The van der Waals surface area contributed by atoms with Crippen LogP contribution in [0.1, 0.15) is 34.6 Å². The Kier molecular flexibility index (Phi) is 7.69. The average Bonchev–Trinajstić information content (AvgIpc) is 3.77. The molecule has 0 amide bonds. The molecule has 10 nitrogen and oxygen atoms in total. The third kappa shape index (κ3) is 5.49. The molecule has 234 valence electrons. The fourth-order valence-electron chi connectivity index (χ4n) is 6.16. The molecule has 0 spiro atoms. The quantitative estimate of drug-likeness (QED) is 0.170. The van der Waals surface area contributed by atoms with Crippen molar-refractivity contribution in [3.8, 4) is 33.9 Å². The van der Waals surface area contributed by atoms with Gasteiger partial charge in [0.1, 0.15) is 11.4 Å². The van der Waals surface area contributed by atoms with Gasteiger partial charge < -0.3 is 20.5 Å². The normalized spacial score (nSPS) is 12.8. The lowest BCUT2D eigenvalue weighted by atomic mass is 9.95. The van der Waals surface area contributed by atoms with E-state index in [2.05, 4.69) is 25.3 Å². The molecule has 0 unspecified atom stereocenters. The summed E-state index contributed by atoms with van der Waals surface area (Å²) in [6.45, 7) is 0. The fourth-order valence-corrected chi connectivity index (χ4v) is 6.16. The van der Waals surface area contributed by atoms with Crippen LogP contribution in [-0.2, 0) is 12.8 Å². The van der Waals surface area contributed by atoms with Gasteiger partial charge in [0.2, 0.25) is 0 Å². The van der Waals surface area contributed by atoms with E-state index in [-0.39, 0.29) is 12.1 Å². The molecule has 0 radical (unpaired) electrons. The number of para-hydroxylation sites is 2. The molecule has 48 heavy (non-hydrogen) atoms. The van der Waals surface area contributed by atoms with Crippen molar-refractivity contribution in [2.24, 2.45) is 11.5 Å². The van der Waals surface area contributed by atoms with Crippen molar-refractivity contribution in [3.63, 3.8) is 0 Å². The van der Waals surface area contributed by atoms with Crippen LogP contribution in [0.3, 0.4) is 0 Å². The second kappa shape index (κ2) is 12.6. The van der Waals surface area contributed by atoms with Gasteiger partial charge >= 0.3 is 0 Å². The van der Waals surface area contributed by atoms with Crippen molar-refractivity contribution >= 4 is 21.9 Å². The van der Waals surface area contributed by atoms with Crippen molar-refractivity contribution in [1.29, 1.82) is 0 Å². The van der Waals surface area contributed by atoms with E-state index in [1.54, 1.807) is 24.8 Å². The second-order valence-corrected chi connectivity index (χ2v) is 11.6. The van der Waals surface area contributed by atoms with Crippen LogP contribution in [0.15, 0.2) is 131 Å². The lowest BCUT2D eigenvalue weighted by Crippen LogP contribution is -2.16. The summed E-state index contributed by atoms with van der Waals surface area (Å²) < 4.78 is 11.8. The van der Waals surface area contributed by atoms with Gasteiger partial charge in [0.15, 0.2) is 11.2 Å². The first kappa shape index (κ1) is 29.3. The Balaban J connectivity index is 1.22. The summed E-state index contributed by atoms with van der Waals surface area (Å²) >= 11 is 0. The average molecular weight is 631 g/mol. The van der Waals surface area contributed by atoms with Gasteiger partial charge in [-0.25, -0.2) is 4.98 Å². The number of rotatable bonds is 9. The largest absolute Gasteiger partial charge is 0.356 e. The highest BCUT2D eigenvalue weighted by Crippen LogP contribution is 2.39. The minimum atomic E-state index is -0.390. The highest BCUT2D eigenvalue weighted by molar-refractivity contribution is 6.00. The van der Waals surface area contributed by atoms with Gasteiger partial charge in [0.05, 0.1) is 22.2 Å². The highest BCUT2D eigenvalue weighted by atomic mass is 16.5. The van der Waals surface area contributed by atoms with E-state index in [4.69, 9.17) is 25.5 Å². The molecule has 0 saturated carbocycles. The van der Waals surface area contributed by atoms with Gasteiger partial charge in [0.25, 0.3) is 0 Å². The Hall–Kier alpha value is -6.10. The molecular weight excluding hydrogens is 600 g/mol. The summed E-state index contributed by atoms with van der Waals surface area (Å²) in [5, 5.41) is 10.6. The van der Waals surface area contributed by atoms with Crippen molar-refractivity contribution in [2.75, 3.05) is 0 Å². The molecule has 6 aromatic heterocycles. The van der Waals surface area contributed by atoms with Gasteiger partial charge in [-0.1, -0.05) is 46.7 Å². The third-order valence-electron chi connectivity index (χ3n) is 8.52. The molecule has 0 bridgehead atoms. The molecule has 8 rings (SSSR count). The molecule has 0 aliphatic carbocycles. The highest BCUT2D eigenvalue weighted by Gasteiger charge is 2.24. The Morgan fingerprint density at radius 2 is 1.27 bits per heavy atom. The number of aromatic nitrogens is 6. The maximum atomic E-state index is 6.83.